The first-order valence-corrected chi connectivity index (χ1v) is 16.3. The molecule has 2 atom stereocenters. The second kappa shape index (κ2) is 13.9. The van der Waals surface area contributed by atoms with Crippen LogP contribution in [0.4, 0.5) is 5.82 Å². The van der Waals surface area contributed by atoms with E-state index in [1.54, 1.807) is 12.3 Å². The van der Waals surface area contributed by atoms with Crippen LogP contribution in [0.1, 0.15) is 58.6 Å². The average Bonchev–Trinajstić information content (AvgIpc) is 3.11. The normalized spacial score (nSPS) is 22.1. The number of likely N-dealkylation sites (N-methyl/N-ethyl adjacent to an activating group) is 1. The Balaban J connectivity index is 1.14. The Kier molecular flexibility index (Phi) is 9.49. The van der Waals surface area contributed by atoms with Gasteiger partial charge >= 0.3 is 5.97 Å². The molecule has 3 aromatic rings. The van der Waals surface area contributed by atoms with Crippen LogP contribution in [-0.4, -0.2) is 91.5 Å². The molecular formula is C37H43N5O4. The molecule has 2 fully saturated rings. The van der Waals surface area contributed by atoms with Crippen LogP contribution in [0.5, 0.6) is 0 Å². The van der Waals surface area contributed by atoms with Crippen LogP contribution in [0, 0.1) is 0 Å². The lowest BCUT2D eigenvalue weighted by atomic mass is 9.63. The number of hydrogen-bond donors (Lipinski definition) is 1. The number of aromatic nitrogens is 1. The summed E-state index contributed by atoms with van der Waals surface area (Å²) in [6.45, 7) is 8.49. The van der Waals surface area contributed by atoms with Gasteiger partial charge in [-0.2, -0.15) is 0 Å². The van der Waals surface area contributed by atoms with Gasteiger partial charge in [0.1, 0.15) is 17.8 Å². The van der Waals surface area contributed by atoms with Crippen molar-refractivity contribution in [3.05, 3.63) is 108 Å². The number of nitrogens with zero attached hydrogens (tertiary/aromatic N) is 4. The summed E-state index contributed by atoms with van der Waals surface area (Å²) in [7, 11) is 2.10. The molecular weight excluding hydrogens is 578 g/mol. The zero-order valence-electron chi connectivity index (χ0n) is 26.6. The van der Waals surface area contributed by atoms with Gasteiger partial charge in [0.2, 0.25) is 5.91 Å². The third kappa shape index (κ3) is 6.16. The maximum atomic E-state index is 14.1. The standard InChI is InChI=1S/C37H43N5O4/c1-3-26-46-36(45)37(27-10-5-4-6-11-27)18-15-30(29-12-7-8-14-32(29)37)35(44)42-20-16-28(17-21-42)39-34(43)31-13-9-19-38-33(31)41-24-22-40(2)23-25-41/h3-14,19,28,30H,1,15-18,20-26H2,2H3,(H,39,43)/t30-,37+/m0/s1. The third-order valence-corrected chi connectivity index (χ3v) is 9.83. The first-order chi connectivity index (χ1) is 22.4. The number of rotatable bonds is 8. The van der Waals surface area contributed by atoms with Crippen molar-refractivity contribution in [3.8, 4) is 0 Å². The predicted molar refractivity (Wildman–Crippen MR) is 178 cm³/mol. The van der Waals surface area contributed by atoms with Gasteiger partial charge in [0.05, 0.1) is 11.5 Å². The molecule has 2 aliphatic heterocycles. The van der Waals surface area contributed by atoms with Crippen LogP contribution in [-0.2, 0) is 19.7 Å². The number of anilines is 1. The number of hydrogen-bond acceptors (Lipinski definition) is 7. The molecule has 1 aliphatic carbocycles. The number of amides is 2. The number of carbonyl (C=O) groups excluding carboxylic acids is 3. The Bertz CT molecular complexity index is 1560. The van der Waals surface area contributed by atoms with E-state index in [-0.39, 0.29) is 36.4 Å². The fourth-order valence-electron chi connectivity index (χ4n) is 7.28. The molecule has 2 amide bonds. The van der Waals surface area contributed by atoms with Crippen molar-refractivity contribution in [2.24, 2.45) is 0 Å². The smallest absolute Gasteiger partial charge is 0.321 e. The highest BCUT2D eigenvalue weighted by Gasteiger charge is 2.50. The molecule has 2 saturated heterocycles. The number of piperidine rings is 1. The summed E-state index contributed by atoms with van der Waals surface area (Å²) in [5, 5.41) is 3.22. The lowest BCUT2D eigenvalue weighted by molar-refractivity contribution is -0.149. The van der Waals surface area contributed by atoms with Gasteiger partial charge in [-0.15, -0.1) is 0 Å². The van der Waals surface area contributed by atoms with E-state index in [2.05, 4.69) is 33.7 Å². The Hall–Kier alpha value is -4.50. The number of esters is 1. The molecule has 3 heterocycles. The fraction of sp³-hybridized carbons (Fsp3) is 0.405. The number of pyridine rings is 1. The van der Waals surface area contributed by atoms with E-state index in [1.807, 2.05) is 71.6 Å². The first-order valence-electron chi connectivity index (χ1n) is 16.3. The number of fused-ring (bicyclic) bond motifs is 1. The molecule has 0 unspecified atom stereocenters. The maximum Gasteiger partial charge on any atom is 0.321 e. The van der Waals surface area contributed by atoms with Crippen LogP contribution in [0.2, 0.25) is 0 Å². The van der Waals surface area contributed by atoms with E-state index in [0.29, 0.717) is 44.3 Å². The largest absolute Gasteiger partial charge is 0.461 e. The van der Waals surface area contributed by atoms with Gasteiger partial charge in [0.25, 0.3) is 5.91 Å². The molecule has 0 bridgehead atoms. The zero-order chi connectivity index (χ0) is 32.1. The van der Waals surface area contributed by atoms with E-state index in [1.165, 1.54) is 0 Å². The summed E-state index contributed by atoms with van der Waals surface area (Å²) in [5.41, 5.74) is 2.17. The number of nitrogens with one attached hydrogen (secondary N) is 1. The van der Waals surface area contributed by atoms with E-state index < -0.39 is 5.41 Å². The topological polar surface area (TPSA) is 95.1 Å². The molecule has 3 aliphatic rings. The van der Waals surface area contributed by atoms with Crippen molar-refractivity contribution in [2.45, 2.75) is 43.1 Å². The number of benzene rings is 2. The third-order valence-electron chi connectivity index (χ3n) is 9.83. The predicted octanol–water partition coefficient (Wildman–Crippen LogP) is 4.15. The maximum absolute atomic E-state index is 14.1. The van der Waals surface area contributed by atoms with Crippen LogP contribution in [0.25, 0.3) is 0 Å². The van der Waals surface area contributed by atoms with Gasteiger partial charge in [0.15, 0.2) is 0 Å². The highest BCUT2D eigenvalue weighted by atomic mass is 16.5. The second-order valence-corrected chi connectivity index (χ2v) is 12.6. The van der Waals surface area contributed by atoms with Crippen LogP contribution in [0.3, 0.4) is 0 Å². The van der Waals surface area contributed by atoms with Crippen LogP contribution >= 0.6 is 0 Å². The molecule has 1 aromatic heterocycles. The highest BCUT2D eigenvalue weighted by Crippen LogP contribution is 2.48. The van der Waals surface area contributed by atoms with Crippen LogP contribution in [0.15, 0.2) is 85.6 Å². The summed E-state index contributed by atoms with van der Waals surface area (Å²) in [6.07, 6.45) is 5.67. The number of likely N-dealkylation sites (tertiary alicyclic amines) is 1. The monoisotopic (exact) mass is 621 g/mol. The SMILES string of the molecule is C=CCOC(=O)[C@@]1(c2ccccc2)CC[C@H](C(=O)N2CCC(NC(=O)c3cccnc3N3CCN(C)CC3)CC2)c2ccccc21. The summed E-state index contributed by atoms with van der Waals surface area (Å²) in [4.78, 5) is 52.2. The van der Waals surface area contributed by atoms with Gasteiger partial charge in [-0.1, -0.05) is 67.3 Å². The molecule has 0 spiro atoms. The summed E-state index contributed by atoms with van der Waals surface area (Å²) < 4.78 is 5.68. The van der Waals surface area contributed by atoms with Crippen molar-refractivity contribution in [2.75, 3.05) is 57.8 Å². The Morgan fingerprint density at radius 1 is 0.935 bits per heavy atom. The number of carbonyl (C=O) groups is 3. The van der Waals surface area contributed by atoms with E-state index in [0.717, 1.165) is 48.7 Å². The molecule has 1 N–H and O–H groups in total. The second-order valence-electron chi connectivity index (χ2n) is 12.6. The molecule has 9 nitrogen and oxygen atoms in total. The molecule has 9 heteroatoms. The highest BCUT2D eigenvalue weighted by molar-refractivity contribution is 5.99. The minimum atomic E-state index is -0.996. The quantitative estimate of drug-likeness (QED) is 0.298. The van der Waals surface area contributed by atoms with E-state index in [9.17, 15) is 14.4 Å². The van der Waals surface area contributed by atoms with Gasteiger partial charge < -0.3 is 24.8 Å². The molecule has 2 aromatic carbocycles. The fourth-order valence-corrected chi connectivity index (χ4v) is 7.28. The van der Waals surface area contributed by atoms with Crippen molar-refractivity contribution < 1.29 is 19.1 Å². The Labute approximate surface area is 271 Å². The molecule has 0 radical (unpaired) electrons. The van der Waals surface area contributed by atoms with Crippen LogP contribution < -0.4 is 10.2 Å². The Morgan fingerprint density at radius 3 is 2.39 bits per heavy atom. The van der Waals surface area contributed by atoms with Crippen molar-refractivity contribution in [3.63, 3.8) is 0 Å². The zero-order valence-corrected chi connectivity index (χ0v) is 26.6. The van der Waals surface area contributed by atoms with Gasteiger partial charge in [-0.25, -0.2) is 4.98 Å². The minimum Gasteiger partial charge on any atom is -0.461 e. The Morgan fingerprint density at radius 2 is 1.65 bits per heavy atom. The van der Waals surface area contributed by atoms with Crippen molar-refractivity contribution >= 4 is 23.6 Å². The molecule has 240 valence electrons. The minimum absolute atomic E-state index is 0.0268. The first kappa shape index (κ1) is 31.5. The molecule has 0 saturated carbocycles. The van der Waals surface area contributed by atoms with Gasteiger partial charge in [-0.3, -0.25) is 14.4 Å². The number of piperazine rings is 1. The van der Waals surface area contributed by atoms with E-state index in [4.69, 9.17) is 4.74 Å². The molecule has 46 heavy (non-hydrogen) atoms. The van der Waals surface area contributed by atoms with E-state index >= 15 is 0 Å². The lowest BCUT2D eigenvalue weighted by Gasteiger charge is -2.42. The lowest BCUT2D eigenvalue weighted by Crippen LogP contribution is -2.50. The summed E-state index contributed by atoms with van der Waals surface area (Å²) in [5.74, 6) is 0.0130. The summed E-state index contributed by atoms with van der Waals surface area (Å²) >= 11 is 0. The van der Waals surface area contributed by atoms with Crippen molar-refractivity contribution in [1.82, 2.24) is 20.1 Å². The number of ether oxygens (including phenoxy) is 1. The average molecular weight is 622 g/mol. The molecule has 6 rings (SSSR count). The van der Waals surface area contributed by atoms with Crippen molar-refractivity contribution in [1.29, 1.82) is 0 Å². The van der Waals surface area contributed by atoms with Gasteiger partial charge in [-0.05, 0) is 61.6 Å². The van der Waals surface area contributed by atoms with Gasteiger partial charge in [0, 0.05) is 51.5 Å². The summed E-state index contributed by atoms with van der Waals surface area (Å²) in [6, 6.07) is 21.2.